The van der Waals surface area contributed by atoms with Gasteiger partial charge in [0.2, 0.25) is 11.9 Å². The van der Waals surface area contributed by atoms with Crippen LogP contribution in [0.5, 0.6) is 0 Å². The van der Waals surface area contributed by atoms with E-state index in [1.54, 1.807) is 36.9 Å². The second-order valence-corrected chi connectivity index (χ2v) is 7.30. The Bertz CT molecular complexity index is 944. The van der Waals surface area contributed by atoms with Crippen molar-refractivity contribution in [2.45, 2.75) is 25.3 Å². The van der Waals surface area contributed by atoms with Crippen molar-refractivity contribution in [3.8, 4) is 0 Å². The van der Waals surface area contributed by atoms with E-state index in [0.29, 0.717) is 5.95 Å². The lowest BCUT2D eigenvalue weighted by Gasteiger charge is -2.34. The van der Waals surface area contributed by atoms with Gasteiger partial charge in [0, 0.05) is 42.8 Å². The lowest BCUT2D eigenvalue weighted by atomic mass is 9.99. The standard InChI is InChI=1S/C20H20N6OS/c27-18(8-7-15-5-3-9-21-13-15)26-12-2-1-6-17(26)16-14-28-20(24-16)25-19-22-10-4-11-23-19/h3-5,7-11,13-14,17H,1-2,6,12H2,(H,22,23,24,25)/b8-7+/t17-/m1/s1. The summed E-state index contributed by atoms with van der Waals surface area (Å²) in [5.74, 6) is 0.516. The Morgan fingerprint density at radius 3 is 2.93 bits per heavy atom. The third-order valence-corrected chi connectivity index (χ3v) is 5.31. The van der Waals surface area contributed by atoms with Crippen LogP contribution in [0.25, 0.3) is 6.08 Å². The Morgan fingerprint density at radius 1 is 1.21 bits per heavy atom. The van der Waals surface area contributed by atoms with Crippen molar-refractivity contribution >= 4 is 34.4 Å². The zero-order valence-electron chi connectivity index (χ0n) is 15.2. The van der Waals surface area contributed by atoms with Crippen molar-refractivity contribution in [2.24, 2.45) is 0 Å². The summed E-state index contributed by atoms with van der Waals surface area (Å²) in [7, 11) is 0. The molecule has 1 aliphatic heterocycles. The Kier molecular flexibility index (Phi) is 5.67. The minimum atomic E-state index is -0.0108. The van der Waals surface area contributed by atoms with E-state index in [4.69, 9.17) is 0 Å². The summed E-state index contributed by atoms with van der Waals surface area (Å²) in [4.78, 5) is 31.8. The first-order valence-electron chi connectivity index (χ1n) is 9.18. The van der Waals surface area contributed by atoms with Crippen LogP contribution in [0.15, 0.2) is 54.4 Å². The zero-order chi connectivity index (χ0) is 19.2. The van der Waals surface area contributed by atoms with E-state index in [9.17, 15) is 4.79 Å². The Balaban J connectivity index is 1.48. The molecular formula is C20H20N6OS. The predicted molar refractivity (Wildman–Crippen MR) is 109 cm³/mol. The van der Waals surface area contributed by atoms with Crippen LogP contribution in [-0.4, -0.2) is 37.3 Å². The topological polar surface area (TPSA) is 83.9 Å². The van der Waals surface area contributed by atoms with Crippen LogP contribution < -0.4 is 5.32 Å². The first kappa shape index (κ1) is 18.2. The molecule has 1 amide bonds. The van der Waals surface area contributed by atoms with E-state index in [1.165, 1.54) is 11.3 Å². The first-order valence-corrected chi connectivity index (χ1v) is 10.1. The maximum atomic E-state index is 12.8. The largest absolute Gasteiger partial charge is 0.331 e. The minimum Gasteiger partial charge on any atom is -0.331 e. The summed E-state index contributed by atoms with van der Waals surface area (Å²) < 4.78 is 0. The third-order valence-electron chi connectivity index (χ3n) is 4.54. The van der Waals surface area contributed by atoms with Crippen LogP contribution in [0.2, 0.25) is 0 Å². The predicted octanol–water partition coefficient (Wildman–Crippen LogP) is 3.84. The fourth-order valence-corrected chi connectivity index (χ4v) is 3.95. The highest BCUT2D eigenvalue weighted by Crippen LogP contribution is 2.33. The van der Waals surface area contributed by atoms with E-state index < -0.39 is 0 Å². The van der Waals surface area contributed by atoms with Crippen LogP contribution >= 0.6 is 11.3 Å². The van der Waals surface area contributed by atoms with E-state index in [1.807, 2.05) is 28.5 Å². The highest BCUT2D eigenvalue weighted by atomic mass is 32.1. The summed E-state index contributed by atoms with van der Waals surface area (Å²) in [6, 6.07) is 5.54. The number of carbonyl (C=O) groups excluding carboxylic acids is 1. The van der Waals surface area contributed by atoms with Gasteiger partial charge >= 0.3 is 0 Å². The Hall–Kier alpha value is -3.13. The summed E-state index contributed by atoms with van der Waals surface area (Å²) in [6.45, 7) is 0.739. The molecule has 0 aliphatic carbocycles. The fourth-order valence-electron chi connectivity index (χ4n) is 3.20. The van der Waals surface area contributed by atoms with Crippen LogP contribution in [0.3, 0.4) is 0 Å². The average molecular weight is 392 g/mol. The molecule has 4 heterocycles. The van der Waals surface area contributed by atoms with E-state index in [2.05, 4.69) is 25.3 Å². The van der Waals surface area contributed by atoms with Gasteiger partial charge < -0.3 is 10.2 Å². The van der Waals surface area contributed by atoms with Gasteiger partial charge in [-0.15, -0.1) is 11.3 Å². The van der Waals surface area contributed by atoms with Crippen LogP contribution in [0.4, 0.5) is 11.1 Å². The lowest BCUT2D eigenvalue weighted by molar-refractivity contribution is -0.129. The normalized spacial score (nSPS) is 17.0. The number of anilines is 2. The first-order chi connectivity index (χ1) is 13.8. The third kappa shape index (κ3) is 4.40. The molecule has 1 saturated heterocycles. The average Bonchev–Trinajstić information content (AvgIpc) is 3.22. The van der Waals surface area contributed by atoms with Crippen molar-refractivity contribution in [2.75, 3.05) is 11.9 Å². The number of carbonyl (C=O) groups is 1. The molecule has 1 atom stereocenters. The van der Waals surface area contributed by atoms with Gasteiger partial charge in [-0.25, -0.2) is 15.0 Å². The van der Waals surface area contributed by atoms with Crippen molar-refractivity contribution < 1.29 is 4.79 Å². The van der Waals surface area contributed by atoms with Crippen molar-refractivity contribution in [1.82, 2.24) is 24.8 Å². The molecule has 7 nitrogen and oxygen atoms in total. The lowest BCUT2D eigenvalue weighted by Crippen LogP contribution is -2.37. The molecule has 0 radical (unpaired) electrons. The van der Waals surface area contributed by atoms with E-state index in [0.717, 1.165) is 42.2 Å². The maximum absolute atomic E-state index is 12.8. The van der Waals surface area contributed by atoms with Gasteiger partial charge in [0.1, 0.15) is 0 Å². The summed E-state index contributed by atoms with van der Waals surface area (Å²) >= 11 is 1.50. The van der Waals surface area contributed by atoms with Crippen molar-refractivity contribution in [3.05, 3.63) is 65.7 Å². The highest BCUT2D eigenvalue weighted by molar-refractivity contribution is 7.13. The summed E-state index contributed by atoms with van der Waals surface area (Å²) in [5.41, 5.74) is 1.82. The number of nitrogens with zero attached hydrogens (tertiary/aromatic N) is 5. The molecule has 0 saturated carbocycles. The number of rotatable bonds is 5. The van der Waals surface area contributed by atoms with Gasteiger partial charge in [0.25, 0.3) is 0 Å². The number of thiazole rings is 1. The number of piperidine rings is 1. The number of likely N-dealkylation sites (tertiary alicyclic amines) is 1. The number of nitrogens with one attached hydrogen (secondary N) is 1. The molecule has 3 aromatic rings. The minimum absolute atomic E-state index is 0.00227. The monoisotopic (exact) mass is 392 g/mol. The Labute approximate surface area is 167 Å². The Morgan fingerprint density at radius 2 is 2.11 bits per heavy atom. The van der Waals surface area contributed by atoms with Crippen molar-refractivity contribution in [3.63, 3.8) is 0 Å². The summed E-state index contributed by atoms with van der Waals surface area (Å²) in [6.07, 6.45) is 13.3. The van der Waals surface area contributed by atoms with Crippen LogP contribution in [-0.2, 0) is 4.79 Å². The molecule has 0 spiro atoms. The van der Waals surface area contributed by atoms with Gasteiger partial charge in [-0.3, -0.25) is 9.78 Å². The summed E-state index contributed by atoms with van der Waals surface area (Å²) in [5, 5.41) is 5.85. The molecule has 8 heteroatoms. The second kappa shape index (κ2) is 8.71. The van der Waals surface area contributed by atoms with Crippen LogP contribution in [0.1, 0.15) is 36.6 Å². The van der Waals surface area contributed by atoms with Gasteiger partial charge in [-0.05, 0) is 43.0 Å². The molecule has 1 N–H and O–H groups in total. The molecule has 3 aromatic heterocycles. The number of pyridine rings is 1. The number of hydrogen-bond acceptors (Lipinski definition) is 7. The maximum Gasteiger partial charge on any atom is 0.247 e. The molecular weight excluding hydrogens is 372 g/mol. The smallest absolute Gasteiger partial charge is 0.247 e. The molecule has 0 aromatic carbocycles. The van der Waals surface area contributed by atoms with E-state index in [-0.39, 0.29) is 11.9 Å². The van der Waals surface area contributed by atoms with Gasteiger partial charge in [0.05, 0.1) is 11.7 Å². The molecule has 1 aliphatic rings. The number of aromatic nitrogens is 4. The van der Waals surface area contributed by atoms with Gasteiger partial charge in [-0.1, -0.05) is 6.07 Å². The molecule has 0 bridgehead atoms. The fraction of sp³-hybridized carbons (Fsp3) is 0.250. The van der Waals surface area contributed by atoms with Gasteiger partial charge in [0.15, 0.2) is 5.13 Å². The SMILES string of the molecule is O=C(/C=C/c1cccnc1)N1CCCC[C@@H]1c1csc(Nc2ncccn2)n1. The number of amides is 1. The quantitative estimate of drug-likeness (QED) is 0.664. The molecule has 4 rings (SSSR count). The number of hydrogen-bond donors (Lipinski definition) is 1. The zero-order valence-corrected chi connectivity index (χ0v) is 16.0. The highest BCUT2D eigenvalue weighted by Gasteiger charge is 2.28. The molecule has 1 fully saturated rings. The van der Waals surface area contributed by atoms with Gasteiger partial charge in [-0.2, -0.15) is 0 Å². The molecule has 0 unspecified atom stereocenters. The second-order valence-electron chi connectivity index (χ2n) is 6.44. The van der Waals surface area contributed by atoms with E-state index >= 15 is 0 Å². The molecule has 28 heavy (non-hydrogen) atoms. The van der Waals surface area contributed by atoms with Crippen molar-refractivity contribution in [1.29, 1.82) is 0 Å². The van der Waals surface area contributed by atoms with Crippen LogP contribution in [0, 0.1) is 0 Å². The molecule has 142 valence electrons.